The minimum absolute atomic E-state index is 0.00118. The standard InChI is InChI=1S/C42H63N3O5S/c1-38(2)31(28-8-10-29(11-9-28)37(47)50-7)15-17-39(3)33(38)16-18-41(5)34(39)13-12-32-35-30(36(46)43-6)14-19-42(35,21-20-40(32,41)4)44-22-23-45-24-26-51(48,49)27-25-45/h8-11,15,30,32-35,44H,12-14,16-27H2,1-7H3,(H,43,46). The van der Waals surface area contributed by atoms with Crippen LogP contribution in [0.4, 0.5) is 0 Å². The van der Waals surface area contributed by atoms with Gasteiger partial charge in [0, 0.05) is 44.7 Å². The number of benzene rings is 1. The van der Waals surface area contributed by atoms with Gasteiger partial charge in [0.05, 0.1) is 24.2 Å². The first-order valence-electron chi connectivity index (χ1n) is 19.8. The molecular weight excluding hydrogens is 659 g/mol. The number of fused-ring (bicyclic) bond motifs is 7. The molecule has 1 aliphatic heterocycles. The largest absolute Gasteiger partial charge is 0.465 e. The molecule has 0 spiro atoms. The summed E-state index contributed by atoms with van der Waals surface area (Å²) in [5, 5.41) is 7.17. The number of methoxy groups -OCH3 is 1. The third-order valence-electron chi connectivity index (χ3n) is 16.6. The molecule has 0 radical (unpaired) electrons. The molecule has 6 aliphatic rings. The van der Waals surface area contributed by atoms with Gasteiger partial charge in [-0.25, -0.2) is 13.2 Å². The van der Waals surface area contributed by atoms with E-state index in [2.05, 4.69) is 68.4 Å². The lowest BCUT2D eigenvalue weighted by Gasteiger charge is -2.72. The Labute approximate surface area is 307 Å². The van der Waals surface area contributed by atoms with Gasteiger partial charge in [-0.1, -0.05) is 52.8 Å². The number of carbonyl (C=O) groups is 2. The van der Waals surface area contributed by atoms with Gasteiger partial charge >= 0.3 is 5.97 Å². The maximum Gasteiger partial charge on any atom is 0.337 e. The Bertz CT molecular complexity index is 1660. The lowest BCUT2D eigenvalue weighted by molar-refractivity contribution is -0.220. The topological polar surface area (TPSA) is 105 Å². The van der Waals surface area contributed by atoms with Gasteiger partial charge in [0.25, 0.3) is 0 Å². The van der Waals surface area contributed by atoms with E-state index in [0.717, 1.165) is 38.8 Å². The summed E-state index contributed by atoms with van der Waals surface area (Å²) < 4.78 is 29.0. The van der Waals surface area contributed by atoms with E-state index < -0.39 is 9.84 Å². The molecule has 282 valence electrons. The molecule has 1 heterocycles. The third kappa shape index (κ3) is 5.76. The van der Waals surface area contributed by atoms with Crippen LogP contribution >= 0.6 is 0 Å². The van der Waals surface area contributed by atoms with Crippen molar-refractivity contribution in [1.82, 2.24) is 15.5 Å². The van der Waals surface area contributed by atoms with E-state index in [1.165, 1.54) is 50.4 Å². The summed E-state index contributed by atoms with van der Waals surface area (Å²) in [4.78, 5) is 28.1. The van der Waals surface area contributed by atoms with Gasteiger partial charge in [-0.15, -0.1) is 0 Å². The van der Waals surface area contributed by atoms with Crippen molar-refractivity contribution in [3.05, 3.63) is 41.5 Å². The van der Waals surface area contributed by atoms with Crippen LogP contribution in [0.25, 0.3) is 5.57 Å². The quantitative estimate of drug-likeness (QED) is 0.316. The van der Waals surface area contributed by atoms with E-state index >= 15 is 0 Å². The monoisotopic (exact) mass is 721 g/mol. The molecule has 8 nitrogen and oxygen atoms in total. The SMILES string of the molecule is CNC(=O)C1CCC2(NCCN3CCS(=O)(=O)CC3)CCC3(C)C(CCC4C5(C)CC=C(c6ccc(C(=O)OC)cc6)C(C)(C)C5CCC43C)C12. The fourth-order valence-electron chi connectivity index (χ4n) is 13.8. The van der Waals surface area contributed by atoms with Crippen LogP contribution < -0.4 is 10.6 Å². The molecule has 0 bridgehead atoms. The van der Waals surface area contributed by atoms with Crippen LogP contribution in [0.3, 0.4) is 0 Å². The molecule has 1 saturated heterocycles. The van der Waals surface area contributed by atoms with E-state index in [-0.39, 0.29) is 56.5 Å². The van der Waals surface area contributed by atoms with Crippen molar-refractivity contribution in [3.8, 4) is 0 Å². The van der Waals surface area contributed by atoms with Crippen molar-refractivity contribution < 1.29 is 22.7 Å². The van der Waals surface area contributed by atoms with Crippen molar-refractivity contribution in [2.24, 2.45) is 51.2 Å². The zero-order valence-electron chi connectivity index (χ0n) is 32.3. The second kappa shape index (κ2) is 13.0. The van der Waals surface area contributed by atoms with Gasteiger partial charge in [-0.05, 0) is 126 Å². The number of sulfone groups is 1. The number of amides is 1. The molecule has 5 aliphatic carbocycles. The molecule has 9 atom stereocenters. The van der Waals surface area contributed by atoms with Gasteiger partial charge in [0.15, 0.2) is 9.84 Å². The van der Waals surface area contributed by atoms with Crippen LogP contribution in [0, 0.1) is 51.2 Å². The van der Waals surface area contributed by atoms with E-state index in [4.69, 9.17) is 4.74 Å². The van der Waals surface area contributed by atoms with E-state index in [9.17, 15) is 18.0 Å². The Morgan fingerprint density at radius 3 is 2.25 bits per heavy atom. The lowest BCUT2D eigenvalue weighted by atomic mass is 9.33. The van der Waals surface area contributed by atoms with Crippen LogP contribution in [0.1, 0.15) is 108 Å². The number of allylic oxidation sites excluding steroid dienone is 2. The third-order valence-corrected chi connectivity index (χ3v) is 18.2. The molecule has 9 heteroatoms. The second-order valence-corrected chi connectivity index (χ2v) is 20.9. The van der Waals surface area contributed by atoms with E-state index in [0.29, 0.717) is 42.3 Å². The van der Waals surface area contributed by atoms with Gasteiger partial charge in [-0.3, -0.25) is 4.79 Å². The van der Waals surface area contributed by atoms with Crippen LogP contribution in [0.15, 0.2) is 30.3 Å². The predicted octanol–water partition coefficient (Wildman–Crippen LogP) is 6.37. The molecule has 0 aromatic heterocycles. The molecule has 1 amide bonds. The van der Waals surface area contributed by atoms with Gasteiger partial charge in [0.2, 0.25) is 5.91 Å². The normalized spacial score (nSPS) is 41.2. The molecule has 1 aromatic carbocycles. The molecule has 9 unspecified atom stereocenters. The second-order valence-electron chi connectivity index (χ2n) is 18.6. The number of hydrogen-bond donors (Lipinski definition) is 2. The molecule has 51 heavy (non-hydrogen) atoms. The summed E-state index contributed by atoms with van der Waals surface area (Å²) in [5.41, 5.74) is 3.68. The lowest BCUT2D eigenvalue weighted by Crippen LogP contribution is -2.68. The number of carbonyl (C=O) groups excluding carboxylic acids is 2. The van der Waals surface area contributed by atoms with Gasteiger partial charge < -0.3 is 20.3 Å². The predicted molar refractivity (Wildman–Crippen MR) is 203 cm³/mol. The molecule has 1 aromatic rings. The first-order valence-corrected chi connectivity index (χ1v) is 21.7. The smallest absolute Gasteiger partial charge is 0.337 e. The zero-order chi connectivity index (χ0) is 36.6. The molecular formula is C42H63N3O5S. The van der Waals surface area contributed by atoms with Crippen molar-refractivity contribution in [3.63, 3.8) is 0 Å². The Balaban J connectivity index is 1.15. The van der Waals surface area contributed by atoms with Crippen molar-refractivity contribution in [2.45, 2.75) is 97.9 Å². The minimum Gasteiger partial charge on any atom is -0.465 e. The molecule has 4 saturated carbocycles. The maximum absolute atomic E-state index is 13.6. The summed E-state index contributed by atoms with van der Waals surface area (Å²) in [5.74, 6) is 2.43. The summed E-state index contributed by atoms with van der Waals surface area (Å²) in [6.45, 7) is 15.8. The van der Waals surface area contributed by atoms with Crippen LogP contribution in [0.5, 0.6) is 0 Å². The highest BCUT2D eigenvalue weighted by Crippen LogP contribution is 2.76. The average Bonchev–Trinajstić information content (AvgIpc) is 3.48. The Kier molecular flexibility index (Phi) is 9.43. The van der Waals surface area contributed by atoms with E-state index in [1.54, 1.807) is 0 Å². The summed E-state index contributed by atoms with van der Waals surface area (Å²) in [6, 6.07) is 8.01. The fourth-order valence-corrected chi connectivity index (χ4v) is 15.1. The van der Waals surface area contributed by atoms with Crippen molar-refractivity contribution in [1.29, 1.82) is 0 Å². The Morgan fingerprint density at radius 1 is 0.882 bits per heavy atom. The number of ether oxygens (including phenoxy) is 1. The van der Waals surface area contributed by atoms with Gasteiger partial charge in [-0.2, -0.15) is 0 Å². The number of esters is 1. The molecule has 5 fully saturated rings. The molecule has 2 N–H and O–H groups in total. The Hall–Kier alpha value is -2.23. The Morgan fingerprint density at radius 2 is 1.59 bits per heavy atom. The minimum atomic E-state index is -2.90. The maximum atomic E-state index is 13.6. The summed E-state index contributed by atoms with van der Waals surface area (Å²) in [6.07, 6.45) is 12.7. The average molecular weight is 722 g/mol. The molecule has 7 rings (SSSR count). The zero-order valence-corrected chi connectivity index (χ0v) is 33.1. The summed E-state index contributed by atoms with van der Waals surface area (Å²) >= 11 is 0. The highest BCUT2D eigenvalue weighted by molar-refractivity contribution is 7.91. The highest BCUT2D eigenvalue weighted by atomic mass is 32.2. The first-order chi connectivity index (χ1) is 24.1. The van der Waals surface area contributed by atoms with Crippen LogP contribution in [-0.4, -0.2) is 82.6 Å². The van der Waals surface area contributed by atoms with Crippen LogP contribution in [0.2, 0.25) is 0 Å². The first kappa shape index (κ1) is 37.1. The van der Waals surface area contributed by atoms with Gasteiger partial charge in [0.1, 0.15) is 0 Å². The summed E-state index contributed by atoms with van der Waals surface area (Å²) in [7, 11) is 0.343. The van der Waals surface area contributed by atoms with E-state index in [1.807, 2.05) is 19.2 Å². The van der Waals surface area contributed by atoms with Crippen molar-refractivity contribution in [2.75, 3.05) is 51.8 Å². The number of nitrogens with zero attached hydrogens (tertiary/aromatic N) is 1. The fraction of sp³-hybridized carbons (Fsp3) is 0.762. The highest BCUT2D eigenvalue weighted by Gasteiger charge is 2.70. The number of nitrogens with one attached hydrogen (secondary N) is 2. The van der Waals surface area contributed by atoms with Crippen molar-refractivity contribution >= 4 is 27.3 Å². The van der Waals surface area contributed by atoms with Crippen LogP contribution in [-0.2, 0) is 19.4 Å². The number of rotatable bonds is 7. The number of hydrogen-bond acceptors (Lipinski definition) is 7.